The fraction of sp³-hybridized carbons (Fsp3) is 0.143. The van der Waals surface area contributed by atoms with Crippen LogP contribution in [0.25, 0.3) is 0 Å². The molecule has 0 radical (unpaired) electrons. The Morgan fingerprint density at radius 1 is 1.35 bits per heavy atom. The molecule has 104 valence electrons. The van der Waals surface area contributed by atoms with Crippen LogP contribution in [0.4, 0.5) is 11.4 Å². The number of nitrogens with zero attached hydrogens (tertiary/aromatic N) is 1. The summed E-state index contributed by atoms with van der Waals surface area (Å²) in [6.07, 6.45) is 3.19. The number of aromatic nitrogens is 1. The average molecular weight is 336 g/mol. The van der Waals surface area contributed by atoms with Crippen molar-refractivity contribution in [2.75, 3.05) is 24.8 Å². The molecule has 1 aromatic carbocycles. The van der Waals surface area contributed by atoms with Gasteiger partial charge in [-0.25, -0.2) is 0 Å². The first-order valence-corrected chi connectivity index (χ1v) is 6.71. The van der Waals surface area contributed by atoms with Crippen LogP contribution >= 0.6 is 15.9 Å². The Labute approximate surface area is 125 Å². The molecule has 1 amide bonds. The molecule has 2 aromatic rings. The van der Waals surface area contributed by atoms with Gasteiger partial charge in [-0.05, 0) is 18.2 Å². The van der Waals surface area contributed by atoms with Crippen molar-refractivity contribution in [3.63, 3.8) is 0 Å². The van der Waals surface area contributed by atoms with E-state index in [2.05, 4.69) is 31.5 Å². The summed E-state index contributed by atoms with van der Waals surface area (Å²) in [5, 5.41) is 5.77. The van der Waals surface area contributed by atoms with E-state index in [0.29, 0.717) is 22.7 Å². The van der Waals surface area contributed by atoms with E-state index in [1.807, 2.05) is 6.07 Å². The van der Waals surface area contributed by atoms with Crippen LogP contribution < -0.4 is 15.4 Å². The van der Waals surface area contributed by atoms with Gasteiger partial charge >= 0.3 is 0 Å². The maximum Gasteiger partial charge on any atom is 0.257 e. The van der Waals surface area contributed by atoms with Crippen LogP contribution in [-0.4, -0.2) is 25.0 Å². The number of carbonyl (C=O) groups excluding carboxylic acids is 1. The number of methoxy groups -OCH3 is 1. The minimum Gasteiger partial charge on any atom is -0.497 e. The number of carbonyl (C=O) groups is 1. The molecule has 0 saturated carbocycles. The van der Waals surface area contributed by atoms with Crippen molar-refractivity contribution in [2.24, 2.45) is 0 Å². The molecule has 0 aliphatic heterocycles. The summed E-state index contributed by atoms with van der Waals surface area (Å²) < 4.78 is 5.99. The van der Waals surface area contributed by atoms with Crippen molar-refractivity contribution in [1.82, 2.24) is 4.98 Å². The number of hydrogen-bond donors (Lipinski definition) is 2. The molecule has 2 rings (SSSR count). The molecule has 1 aromatic heterocycles. The Hall–Kier alpha value is -2.08. The minimum absolute atomic E-state index is 0.211. The second kappa shape index (κ2) is 6.38. The highest BCUT2D eigenvalue weighted by Crippen LogP contribution is 2.25. The lowest BCUT2D eigenvalue weighted by atomic mass is 10.2. The number of anilines is 2. The topological polar surface area (TPSA) is 63.2 Å². The summed E-state index contributed by atoms with van der Waals surface area (Å²) in [7, 11) is 3.32. The third-order valence-electron chi connectivity index (χ3n) is 2.70. The molecule has 0 aliphatic rings. The minimum atomic E-state index is -0.211. The van der Waals surface area contributed by atoms with E-state index in [1.54, 1.807) is 44.8 Å². The van der Waals surface area contributed by atoms with Crippen LogP contribution in [-0.2, 0) is 0 Å². The largest absolute Gasteiger partial charge is 0.497 e. The summed E-state index contributed by atoms with van der Waals surface area (Å²) >= 11 is 3.37. The second-order valence-electron chi connectivity index (χ2n) is 4.01. The van der Waals surface area contributed by atoms with Crippen LogP contribution in [0.15, 0.2) is 41.1 Å². The quantitative estimate of drug-likeness (QED) is 0.900. The van der Waals surface area contributed by atoms with Crippen molar-refractivity contribution < 1.29 is 9.53 Å². The number of rotatable bonds is 4. The third-order valence-corrected chi connectivity index (χ3v) is 3.16. The molecule has 20 heavy (non-hydrogen) atoms. The van der Waals surface area contributed by atoms with Gasteiger partial charge in [-0.2, -0.15) is 0 Å². The summed E-state index contributed by atoms with van der Waals surface area (Å²) in [6, 6.07) is 7.04. The highest BCUT2D eigenvalue weighted by Gasteiger charge is 2.11. The van der Waals surface area contributed by atoms with Crippen LogP contribution in [0, 0.1) is 0 Å². The molecular formula is C14H14BrN3O2. The molecule has 0 bridgehead atoms. The van der Waals surface area contributed by atoms with Crippen molar-refractivity contribution in [3.8, 4) is 5.75 Å². The van der Waals surface area contributed by atoms with Crippen LogP contribution in [0.2, 0.25) is 0 Å². The third kappa shape index (κ3) is 3.27. The van der Waals surface area contributed by atoms with Gasteiger partial charge in [-0.15, -0.1) is 0 Å². The van der Waals surface area contributed by atoms with Crippen molar-refractivity contribution in [2.45, 2.75) is 0 Å². The Morgan fingerprint density at radius 2 is 2.15 bits per heavy atom. The molecule has 0 fully saturated rings. The number of pyridine rings is 1. The predicted molar refractivity (Wildman–Crippen MR) is 82.4 cm³/mol. The highest BCUT2D eigenvalue weighted by atomic mass is 79.9. The molecule has 0 unspecified atom stereocenters. The first kappa shape index (κ1) is 14.3. The molecular weight excluding hydrogens is 322 g/mol. The number of hydrogen-bond acceptors (Lipinski definition) is 4. The monoisotopic (exact) mass is 335 g/mol. The smallest absolute Gasteiger partial charge is 0.257 e. The zero-order valence-electron chi connectivity index (χ0n) is 11.1. The van der Waals surface area contributed by atoms with Gasteiger partial charge in [0.25, 0.3) is 5.91 Å². The van der Waals surface area contributed by atoms with Gasteiger partial charge in [0.05, 0.1) is 24.6 Å². The van der Waals surface area contributed by atoms with Gasteiger partial charge < -0.3 is 15.4 Å². The zero-order chi connectivity index (χ0) is 14.5. The van der Waals surface area contributed by atoms with E-state index in [1.165, 1.54) is 0 Å². The SMILES string of the molecule is CNc1cnccc1C(=O)Nc1cc(Br)cc(OC)c1. The number of nitrogens with one attached hydrogen (secondary N) is 2. The molecule has 0 saturated heterocycles. The van der Waals surface area contributed by atoms with E-state index in [0.717, 1.165) is 4.47 Å². The van der Waals surface area contributed by atoms with Gasteiger partial charge in [-0.1, -0.05) is 15.9 Å². The van der Waals surface area contributed by atoms with Crippen molar-refractivity contribution in [3.05, 3.63) is 46.7 Å². The standard InChI is InChI=1S/C14H14BrN3O2/c1-16-13-8-17-4-3-12(13)14(19)18-10-5-9(15)6-11(7-10)20-2/h3-8,16H,1-2H3,(H,18,19). The Morgan fingerprint density at radius 3 is 2.85 bits per heavy atom. The van der Waals surface area contributed by atoms with E-state index >= 15 is 0 Å². The van der Waals surface area contributed by atoms with Gasteiger partial charge in [0.1, 0.15) is 5.75 Å². The Bertz CT molecular complexity index is 632. The first-order chi connectivity index (χ1) is 9.63. The molecule has 0 atom stereocenters. The fourth-order valence-corrected chi connectivity index (χ4v) is 2.22. The lowest BCUT2D eigenvalue weighted by molar-refractivity contribution is 0.102. The number of ether oxygens (including phenoxy) is 1. The van der Waals surface area contributed by atoms with Gasteiger partial charge in [-0.3, -0.25) is 9.78 Å². The van der Waals surface area contributed by atoms with Gasteiger partial charge in [0.15, 0.2) is 0 Å². The lowest BCUT2D eigenvalue weighted by Crippen LogP contribution is -2.14. The van der Waals surface area contributed by atoms with Crippen molar-refractivity contribution in [1.29, 1.82) is 0 Å². The van der Waals surface area contributed by atoms with Crippen molar-refractivity contribution >= 4 is 33.2 Å². The maximum atomic E-state index is 12.3. The number of halogens is 1. The Kier molecular flexibility index (Phi) is 4.57. The highest BCUT2D eigenvalue weighted by molar-refractivity contribution is 9.10. The van der Waals surface area contributed by atoms with E-state index in [-0.39, 0.29) is 5.91 Å². The van der Waals surface area contributed by atoms with E-state index < -0.39 is 0 Å². The zero-order valence-corrected chi connectivity index (χ0v) is 12.7. The summed E-state index contributed by atoms with van der Waals surface area (Å²) in [6.45, 7) is 0. The molecule has 2 N–H and O–H groups in total. The molecule has 0 spiro atoms. The lowest BCUT2D eigenvalue weighted by Gasteiger charge is -2.10. The van der Waals surface area contributed by atoms with Crippen LogP contribution in [0.1, 0.15) is 10.4 Å². The Balaban J connectivity index is 2.25. The van der Waals surface area contributed by atoms with Gasteiger partial charge in [0.2, 0.25) is 0 Å². The van der Waals surface area contributed by atoms with Crippen LogP contribution in [0.3, 0.4) is 0 Å². The molecule has 1 heterocycles. The summed E-state index contributed by atoms with van der Waals surface area (Å²) in [5.74, 6) is 0.454. The van der Waals surface area contributed by atoms with E-state index in [9.17, 15) is 4.79 Å². The fourth-order valence-electron chi connectivity index (χ4n) is 1.74. The normalized spacial score (nSPS) is 9.95. The second-order valence-corrected chi connectivity index (χ2v) is 4.92. The average Bonchev–Trinajstić information content (AvgIpc) is 2.46. The van der Waals surface area contributed by atoms with Crippen LogP contribution in [0.5, 0.6) is 5.75 Å². The number of amides is 1. The molecule has 0 aliphatic carbocycles. The summed E-state index contributed by atoms with van der Waals surface area (Å²) in [5.41, 5.74) is 1.86. The molecule has 6 heteroatoms. The summed E-state index contributed by atoms with van der Waals surface area (Å²) in [4.78, 5) is 16.2. The van der Waals surface area contributed by atoms with E-state index in [4.69, 9.17) is 4.74 Å². The number of benzene rings is 1. The molecule has 5 nitrogen and oxygen atoms in total. The predicted octanol–water partition coefficient (Wildman–Crippen LogP) is 3.15. The maximum absolute atomic E-state index is 12.3. The van der Waals surface area contributed by atoms with Gasteiger partial charge in [0, 0.05) is 29.5 Å². The first-order valence-electron chi connectivity index (χ1n) is 5.91.